The van der Waals surface area contributed by atoms with Gasteiger partial charge in [0.05, 0.1) is 16.9 Å². The second-order valence-corrected chi connectivity index (χ2v) is 11.8. The van der Waals surface area contributed by atoms with Crippen LogP contribution in [0.4, 0.5) is 5.82 Å². The SMILES string of the molecule is CCCc1nc(N2CCC(CC(=O)O)CC2)c(S)cc1C(=O)NC1C2CC3CC1CC(O)(C3)C2. The first-order valence-corrected chi connectivity index (χ1v) is 13.4. The van der Waals surface area contributed by atoms with Crippen molar-refractivity contribution in [2.75, 3.05) is 18.0 Å². The number of anilines is 1. The molecule has 3 N–H and O–H groups in total. The molecule has 1 amide bonds. The highest BCUT2D eigenvalue weighted by Gasteiger charge is 2.55. The number of thiol groups is 1. The maximum atomic E-state index is 13.5. The first-order valence-electron chi connectivity index (χ1n) is 13.0. The molecule has 2 atom stereocenters. The molecule has 2 unspecified atom stereocenters. The number of piperidine rings is 1. The summed E-state index contributed by atoms with van der Waals surface area (Å²) in [5.74, 6) is 1.54. The highest BCUT2D eigenvalue weighted by atomic mass is 32.1. The molecule has 1 aromatic heterocycles. The Morgan fingerprint density at radius 1 is 1.21 bits per heavy atom. The van der Waals surface area contributed by atoms with Gasteiger partial charge in [-0.1, -0.05) is 13.3 Å². The zero-order valence-electron chi connectivity index (χ0n) is 20.0. The predicted octanol–water partition coefficient (Wildman–Crippen LogP) is 3.68. The zero-order valence-corrected chi connectivity index (χ0v) is 20.9. The number of carboxylic acid groups (broad SMARTS) is 1. The second-order valence-electron chi connectivity index (χ2n) is 11.3. The van der Waals surface area contributed by atoms with Crippen molar-refractivity contribution in [1.29, 1.82) is 0 Å². The Labute approximate surface area is 207 Å². The van der Waals surface area contributed by atoms with Crippen LogP contribution in [0, 0.1) is 23.7 Å². The standard InChI is InChI=1S/C26H37N3O4S/c1-2-3-20-19(11-21(34)24(27-20)29-6-4-15(5-7-29)10-22(30)31)25(32)28-23-17-8-16-9-18(23)14-26(33,12-16)13-17/h11,15-18,23,33-34H,2-10,12-14H2,1H3,(H,28,32)(H,30,31). The number of nitrogens with zero attached hydrogens (tertiary/aromatic N) is 2. The maximum absolute atomic E-state index is 13.5. The molecular formula is C26H37N3O4S. The first-order chi connectivity index (χ1) is 16.2. The highest BCUT2D eigenvalue weighted by molar-refractivity contribution is 7.80. The Morgan fingerprint density at radius 3 is 2.47 bits per heavy atom. The molecule has 34 heavy (non-hydrogen) atoms. The van der Waals surface area contributed by atoms with Gasteiger partial charge < -0.3 is 20.4 Å². The lowest BCUT2D eigenvalue weighted by Gasteiger charge is -2.58. The molecule has 4 bridgehead atoms. The molecule has 7 nitrogen and oxygen atoms in total. The largest absolute Gasteiger partial charge is 0.481 e. The first kappa shape index (κ1) is 23.9. The summed E-state index contributed by atoms with van der Waals surface area (Å²) in [5, 5.41) is 23.3. The number of amides is 1. The number of aryl methyl sites for hydroxylation is 1. The molecule has 4 saturated carbocycles. The van der Waals surface area contributed by atoms with Crippen molar-refractivity contribution in [2.45, 2.75) is 87.7 Å². The van der Waals surface area contributed by atoms with Crippen molar-refractivity contribution in [3.05, 3.63) is 17.3 Å². The van der Waals surface area contributed by atoms with Crippen LogP contribution in [-0.4, -0.2) is 51.8 Å². The number of carboxylic acids is 1. The minimum Gasteiger partial charge on any atom is -0.481 e. The summed E-state index contributed by atoms with van der Waals surface area (Å²) in [5.41, 5.74) is 0.914. The van der Waals surface area contributed by atoms with Gasteiger partial charge in [-0.2, -0.15) is 0 Å². The van der Waals surface area contributed by atoms with Gasteiger partial charge in [0, 0.05) is 30.4 Å². The molecule has 4 aliphatic carbocycles. The van der Waals surface area contributed by atoms with E-state index in [2.05, 4.69) is 17.1 Å². The summed E-state index contributed by atoms with van der Waals surface area (Å²) in [4.78, 5) is 32.3. The fourth-order valence-electron chi connectivity index (χ4n) is 7.43. The van der Waals surface area contributed by atoms with Gasteiger partial charge in [0.25, 0.3) is 5.91 Å². The van der Waals surface area contributed by atoms with Gasteiger partial charge in [0.2, 0.25) is 0 Å². The minimum atomic E-state index is -0.736. The molecule has 6 rings (SSSR count). The monoisotopic (exact) mass is 487 g/mol. The number of hydrogen-bond donors (Lipinski definition) is 4. The van der Waals surface area contributed by atoms with E-state index >= 15 is 0 Å². The zero-order chi connectivity index (χ0) is 24.0. The Bertz CT molecular complexity index is 946. The maximum Gasteiger partial charge on any atom is 0.303 e. The normalized spacial score (nSPS) is 32.7. The van der Waals surface area contributed by atoms with Gasteiger partial charge in [-0.15, -0.1) is 12.6 Å². The average Bonchev–Trinajstić information content (AvgIpc) is 2.76. The lowest BCUT2D eigenvalue weighted by Crippen LogP contribution is -2.61. The summed E-state index contributed by atoms with van der Waals surface area (Å²) in [6.07, 6.45) is 8.24. The molecule has 1 aliphatic heterocycles. The van der Waals surface area contributed by atoms with Gasteiger partial charge in [-0.25, -0.2) is 4.98 Å². The van der Waals surface area contributed by atoms with Crippen molar-refractivity contribution >= 4 is 30.3 Å². The molecule has 0 aromatic carbocycles. The number of rotatable bonds is 7. The predicted molar refractivity (Wildman–Crippen MR) is 132 cm³/mol. The van der Waals surface area contributed by atoms with Crippen LogP contribution in [0.25, 0.3) is 0 Å². The Kier molecular flexibility index (Phi) is 6.57. The van der Waals surface area contributed by atoms with Crippen LogP contribution in [-0.2, 0) is 11.2 Å². The van der Waals surface area contributed by atoms with Crippen LogP contribution >= 0.6 is 12.6 Å². The van der Waals surface area contributed by atoms with Gasteiger partial charge >= 0.3 is 5.97 Å². The smallest absolute Gasteiger partial charge is 0.303 e. The molecule has 2 heterocycles. The summed E-state index contributed by atoms with van der Waals surface area (Å²) < 4.78 is 0. The molecule has 8 heteroatoms. The number of hydrogen-bond acceptors (Lipinski definition) is 6. The lowest BCUT2D eigenvalue weighted by atomic mass is 9.52. The molecule has 5 fully saturated rings. The van der Waals surface area contributed by atoms with Crippen LogP contribution in [0.1, 0.15) is 80.8 Å². The fourth-order valence-corrected chi connectivity index (χ4v) is 7.75. The average molecular weight is 488 g/mol. The Balaban J connectivity index is 1.32. The third-order valence-corrected chi connectivity index (χ3v) is 9.04. The van der Waals surface area contributed by atoms with Crippen molar-refractivity contribution in [3.8, 4) is 0 Å². The molecular weight excluding hydrogens is 450 g/mol. The highest BCUT2D eigenvalue weighted by Crippen LogP contribution is 2.55. The number of carbonyl (C=O) groups excluding carboxylic acids is 1. The topological polar surface area (TPSA) is 103 Å². The Hall–Kier alpha value is -1.80. The second kappa shape index (κ2) is 9.34. The molecule has 0 spiro atoms. The summed E-state index contributed by atoms with van der Waals surface area (Å²) >= 11 is 4.71. The number of pyridine rings is 1. The van der Waals surface area contributed by atoms with Crippen LogP contribution in [0.15, 0.2) is 11.0 Å². The van der Waals surface area contributed by atoms with Crippen LogP contribution in [0.3, 0.4) is 0 Å². The fraction of sp³-hybridized carbons (Fsp3) is 0.731. The quantitative estimate of drug-likeness (QED) is 0.438. The van der Waals surface area contributed by atoms with Gasteiger partial charge in [-0.05, 0) is 81.1 Å². The van der Waals surface area contributed by atoms with Crippen molar-refractivity contribution < 1.29 is 19.8 Å². The van der Waals surface area contributed by atoms with Crippen LogP contribution < -0.4 is 10.2 Å². The van der Waals surface area contributed by atoms with E-state index in [4.69, 9.17) is 22.7 Å². The van der Waals surface area contributed by atoms with Gasteiger partial charge in [-0.3, -0.25) is 9.59 Å². The van der Waals surface area contributed by atoms with Crippen LogP contribution in [0.2, 0.25) is 0 Å². The van der Waals surface area contributed by atoms with Crippen molar-refractivity contribution in [2.24, 2.45) is 23.7 Å². The molecule has 0 radical (unpaired) electrons. The Morgan fingerprint density at radius 2 is 1.88 bits per heavy atom. The van der Waals surface area contributed by atoms with Crippen molar-refractivity contribution in [3.63, 3.8) is 0 Å². The number of aromatic nitrogens is 1. The molecule has 5 aliphatic rings. The summed E-state index contributed by atoms with van der Waals surface area (Å²) in [6, 6.07) is 2.01. The van der Waals surface area contributed by atoms with E-state index in [0.717, 1.165) is 82.4 Å². The number of carbonyl (C=O) groups is 2. The van der Waals surface area contributed by atoms with E-state index in [1.807, 2.05) is 6.07 Å². The van der Waals surface area contributed by atoms with E-state index in [1.165, 1.54) is 0 Å². The third-order valence-electron chi connectivity index (χ3n) is 8.71. The van der Waals surface area contributed by atoms with Gasteiger partial charge in [0.15, 0.2) is 0 Å². The number of nitrogens with one attached hydrogen (secondary N) is 1. The molecule has 1 aromatic rings. The minimum absolute atomic E-state index is 0.0672. The lowest BCUT2D eigenvalue weighted by molar-refractivity contribution is -0.138. The molecule has 1 saturated heterocycles. The van der Waals surface area contributed by atoms with E-state index in [1.54, 1.807) is 0 Å². The van der Waals surface area contributed by atoms with E-state index < -0.39 is 11.6 Å². The van der Waals surface area contributed by atoms with Gasteiger partial charge in [0.1, 0.15) is 5.82 Å². The van der Waals surface area contributed by atoms with E-state index in [9.17, 15) is 14.7 Å². The number of aliphatic hydroxyl groups is 1. The third kappa shape index (κ3) is 4.68. The summed E-state index contributed by atoms with van der Waals surface area (Å²) in [6.45, 7) is 3.60. The number of aliphatic carboxylic acids is 1. The summed E-state index contributed by atoms with van der Waals surface area (Å²) in [7, 11) is 0. The van der Waals surface area contributed by atoms with Crippen LogP contribution in [0.5, 0.6) is 0 Å². The van der Waals surface area contributed by atoms with Crippen molar-refractivity contribution in [1.82, 2.24) is 10.3 Å². The van der Waals surface area contributed by atoms with E-state index in [-0.39, 0.29) is 24.3 Å². The van der Waals surface area contributed by atoms with E-state index in [0.29, 0.717) is 28.2 Å². The molecule has 186 valence electrons.